The molecule has 0 aromatic heterocycles. The number of hydrogen-bond acceptors (Lipinski definition) is 7. The zero-order chi connectivity index (χ0) is 19.7. The van der Waals surface area contributed by atoms with Gasteiger partial charge in [-0.15, -0.1) is 0 Å². The summed E-state index contributed by atoms with van der Waals surface area (Å²) in [6, 6.07) is 4.01. The van der Waals surface area contributed by atoms with Gasteiger partial charge in [-0.05, 0) is 18.1 Å². The Bertz CT molecular complexity index is 622. The monoisotopic (exact) mass is 367 g/mol. The van der Waals surface area contributed by atoms with Crippen LogP contribution in [-0.2, 0) is 19.1 Å². The van der Waals surface area contributed by atoms with E-state index in [0.29, 0.717) is 6.42 Å². The third-order valence-electron chi connectivity index (χ3n) is 3.95. The molecule has 0 unspecified atom stereocenters. The summed E-state index contributed by atoms with van der Waals surface area (Å²) in [5.74, 6) is -1.53. The van der Waals surface area contributed by atoms with Crippen LogP contribution in [0, 0.1) is 5.92 Å². The first-order valence-corrected chi connectivity index (χ1v) is 8.14. The van der Waals surface area contributed by atoms with Crippen molar-refractivity contribution < 1.29 is 33.3 Å². The predicted molar refractivity (Wildman–Crippen MR) is 93.2 cm³/mol. The van der Waals surface area contributed by atoms with Gasteiger partial charge in [0.15, 0.2) is 6.61 Å². The van der Waals surface area contributed by atoms with Gasteiger partial charge >= 0.3 is 11.9 Å². The zero-order valence-electron chi connectivity index (χ0n) is 15.7. The van der Waals surface area contributed by atoms with Crippen LogP contribution in [0.1, 0.15) is 30.6 Å². The van der Waals surface area contributed by atoms with Crippen molar-refractivity contribution >= 4 is 17.8 Å². The van der Waals surface area contributed by atoms with E-state index in [1.54, 1.807) is 18.2 Å². The molecule has 26 heavy (non-hydrogen) atoms. The van der Waals surface area contributed by atoms with Gasteiger partial charge in [-0.1, -0.05) is 26.3 Å². The second kappa shape index (κ2) is 10.3. The van der Waals surface area contributed by atoms with E-state index >= 15 is 0 Å². The van der Waals surface area contributed by atoms with Crippen molar-refractivity contribution in [2.24, 2.45) is 5.92 Å². The fourth-order valence-electron chi connectivity index (χ4n) is 2.27. The third-order valence-corrected chi connectivity index (χ3v) is 3.95. The van der Waals surface area contributed by atoms with Crippen LogP contribution < -0.4 is 14.8 Å². The second-order valence-corrected chi connectivity index (χ2v) is 5.57. The van der Waals surface area contributed by atoms with Crippen LogP contribution in [0.5, 0.6) is 11.5 Å². The maximum absolute atomic E-state index is 12.3. The van der Waals surface area contributed by atoms with E-state index in [4.69, 9.17) is 18.9 Å². The first-order chi connectivity index (χ1) is 12.4. The Hall–Kier alpha value is -2.77. The Morgan fingerprint density at radius 2 is 1.65 bits per heavy atom. The van der Waals surface area contributed by atoms with E-state index in [2.05, 4.69) is 5.32 Å². The van der Waals surface area contributed by atoms with Gasteiger partial charge in [-0.25, -0.2) is 9.59 Å². The average molecular weight is 367 g/mol. The minimum Gasteiger partial charge on any atom is -0.496 e. The molecule has 1 aromatic carbocycles. The highest BCUT2D eigenvalue weighted by atomic mass is 16.5. The van der Waals surface area contributed by atoms with E-state index in [1.165, 1.54) is 21.3 Å². The number of nitrogens with one attached hydrogen (secondary N) is 1. The molecule has 0 aliphatic rings. The van der Waals surface area contributed by atoms with Crippen LogP contribution in [0.4, 0.5) is 0 Å². The van der Waals surface area contributed by atoms with E-state index in [0.717, 1.165) is 0 Å². The summed E-state index contributed by atoms with van der Waals surface area (Å²) in [5.41, 5.74) is 0.0803. The lowest BCUT2D eigenvalue weighted by molar-refractivity contribution is -0.147. The summed E-state index contributed by atoms with van der Waals surface area (Å²) in [5, 5.41) is 2.53. The Kier molecular flexibility index (Phi) is 8.41. The summed E-state index contributed by atoms with van der Waals surface area (Å²) < 4.78 is 20.0. The van der Waals surface area contributed by atoms with Gasteiger partial charge in [0.1, 0.15) is 23.1 Å². The van der Waals surface area contributed by atoms with Crippen LogP contribution in [0.25, 0.3) is 0 Å². The number of hydrogen-bond donors (Lipinski definition) is 1. The fraction of sp³-hybridized carbons (Fsp3) is 0.500. The molecule has 0 radical (unpaired) electrons. The topological polar surface area (TPSA) is 100 Å². The van der Waals surface area contributed by atoms with Crippen LogP contribution in [0.2, 0.25) is 0 Å². The number of rotatable bonds is 9. The molecule has 1 aromatic rings. The maximum atomic E-state index is 12.3. The fourth-order valence-corrected chi connectivity index (χ4v) is 2.27. The molecule has 8 heteroatoms. The summed E-state index contributed by atoms with van der Waals surface area (Å²) in [6.45, 7) is 3.15. The second-order valence-electron chi connectivity index (χ2n) is 5.57. The van der Waals surface area contributed by atoms with E-state index < -0.39 is 30.5 Å². The summed E-state index contributed by atoms with van der Waals surface area (Å²) in [6.07, 6.45) is 0.665. The first kappa shape index (κ1) is 21.3. The number of esters is 2. The number of carbonyl (C=O) groups excluding carboxylic acids is 3. The molecule has 0 saturated carbocycles. The minimum absolute atomic E-state index is 0.0803. The highest BCUT2D eigenvalue weighted by Gasteiger charge is 2.27. The Labute approximate surface area is 152 Å². The van der Waals surface area contributed by atoms with Gasteiger partial charge in [0.05, 0.1) is 21.3 Å². The molecule has 1 N–H and O–H groups in total. The van der Waals surface area contributed by atoms with Gasteiger partial charge in [0, 0.05) is 0 Å². The number of amides is 1. The molecule has 1 amide bonds. The number of carbonyl (C=O) groups is 3. The molecule has 0 heterocycles. The zero-order valence-corrected chi connectivity index (χ0v) is 15.7. The van der Waals surface area contributed by atoms with Gasteiger partial charge in [-0.3, -0.25) is 4.79 Å². The molecule has 0 spiro atoms. The third kappa shape index (κ3) is 5.37. The Balaban J connectivity index is 2.78. The van der Waals surface area contributed by atoms with Gasteiger partial charge < -0.3 is 24.3 Å². The van der Waals surface area contributed by atoms with Gasteiger partial charge in [-0.2, -0.15) is 0 Å². The maximum Gasteiger partial charge on any atom is 0.346 e. The molecular formula is C18H25NO7. The molecule has 1 rings (SSSR count). The van der Waals surface area contributed by atoms with E-state index in [-0.39, 0.29) is 23.0 Å². The lowest BCUT2D eigenvalue weighted by Gasteiger charge is -2.21. The van der Waals surface area contributed by atoms with Crippen molar-refractivity contribution in [3.05, 3.63) is 23.8 Å². The molecule has 0 fully saturated rings. The largest absolute Gasteiger partial charge is 0.496 e. The molecule has 2 atom stereocenters. The number of methoxy groups -OCH3 is 3. The quantitative estimate of drug-likeness (QED) is 0.661. The van der Waals surface area contributed by atoms with Gasteiger partial charge in [0.2, 0.25) is 0 Å². The van der Waals surface area contributed by atoms with Crippen molar-refractivity contribution in [1.82, 2.24) is 5.32 Å². The van der Waals surface area contributed by atoms with E-state index in [9.17, 15) is 14.4 Å². The Morgan fingerprint density at radius 1 is 1.08 bits per heavy atom. The van der Waals surface area contributed by atoms with Crippen LogP contribution in [0.3, 0.4) is 0 Å². The average Bonchev–Trinajstić information content (AvgIpc) is 2.68. The molecule has 0 aliphatic carbocycles. The van der Waals surface area contributed by atoms with Crippen molar-refractivity contribution in [1.29, 1.82) is 0 Å². The van der Waals surface area contributed by atoms with Crippen molar-refractivity contribution in [3.63, 3.8) is 0 Å². The lowest BCUT2D eigenvalue weighted by atomic mass is 9.99. The molecular weight excluding hydrogens is 342 g/mol. The summed E-state index contributed by atoms with van der Waals surface area (Å²) >= 11 is 0. The lowest BCUT2D eigenvalue weighted by Crippen LogP contribution is -2.47. The molecule has 8 nitrogen and oxygen atoms in total. The van der Waals surface area contributed by atoms with Crippen molar-refractivity contribution in [2.45, 2.75) is 26.3 Å². The number of ether oxygens (including phenoxy) is 4. The summed E-state index contributed by atoms with van der Waals surface area (Å²) in [4.78, 5) is 36.2. The Morgan fingerprint density at radius 3 is 2.12 bits per heavy atom. The van der Waals surface area contributed by atoms with Crippen molar-refractivity contribution in [2.75, 3.05) is 27.9 Å². The molecule has 0 saturated heterocycles. The minimum atomic E-state index is -0.808. The molecule has 144 valence electrons. The highest BCUT2D eigenvalue weighted by molar-refractivity contribution is 5.97. The van der Waals surface area contributed by atoms with Crippen LogP contribution in [0.15, 0.2) is 18.2 Å². The summed E-state index contributed by atoms with van der Waals surface area (Å²) in [7, 11) is 4.06. The highest BCUT2D eigenvalue weighted by Crippen LogP contribution is 2.28. The predicted octanol–water partition coefficient (Wildman–Crippen LogP) is 1.56. The number of benzene rings is 1. The molecule has 0 bridgehead atoms. The molecule has 0 aliphatic heterocycles. The van der Waals surface area contributed by atoms with Crippen LogP contribution >= 0.6 is 0 Å². The van der Waals surface area contributed by atoms with Gasteiger partial charge in [0.25, 0.3) is 5.91 Å². The first-order valence-electron chi connectivity index (χ1n) is 8.14. The van der Waals surface area contributed by atoms with Crippen LogP contribution in [-0.4, -0.2) is 51.8 Å². The SMILES string of the molecule is CC[C@H](C)[C@@H](NC(=O)COC(=O)c1c(OC)cccc1OC)C(=O)OC. The van der Waals surface area contributed by atoms with E-state index in [1.807, 2.05) is 13.8 Å². The standard InChI is InChI=1S/C18H25NO7/c1-6-11(2)16(18(22)25-5)19-14(20)10-26-17(21)15-12(23-3)8-7-9-13(15)24-4/h7-9,11,16H,6,10H2,1-5H3,(H,19,20)/t11-,16+/m0/s1. The smallest absolute Gasteiger partial charge is 0.346 e. The van der Waals surface area contributed by atoms with Crippen molar-refractivity contribution in [3.8, 4) is 11.5 Å². The normalized spacial score (nSPS) is 12.5.